The van der Waals surface area contributed by atoms with Gasteiger partial charge in [-0.15, -0.1) is 0 Å². The molecule has 0 spiro atoms. The van der Waals surface area contributed by atoms with E-state index < -0.39 is 0 Å². The van der Waals surface area contributed by atoms with Gasteiger partial charge in [-0.2, -0.15) is 5.10 Å². The Hall–Kier alpha value is -1.35. The van der Waals surface area contributed by atoms with E-state index >= 15 is 0 Å². The van der Waals surface area contributed by atoms with E-state index in [-0.39, 0.29) is 0 Å². The Morgan fingerprint density at radius 3 is 3.00 bits per heavy atom. The van der Waals surface area contributed by atoms with Crippen molar-refractivity contribution >= 4 is 11.6 Å². The number of H-pyrrole nitrogens is 1. The fourth-order valence-corrected chi connectivity index (χ4v) is 1.59. The van der Waals surface area contributed by atoms with Crippen molar-refractivity contribution in [1.29, 1.82) is 0 Å². The maximum atomic E-state index is 5.90. The molecule has 2 aromatic rings. The molecule has 0 saturated heterocycles. The minimum absolute atomic E-state index is 0.703. The zero-order valence-corrected chi connectivity index (χ0v) is 9.25. The molecule has 1 heterocycles. The van der Waals surface area contributed by atoms with Gasteiger partial charge in [0.2, 0.25) is 0 Å². The fourth-order valence-electron chi connectivity index (χ4n) is 1.40. The van der Waals surface area contributed by atoms with Gasteiger partial charge >= 0.3 is 0 Å². The normalized spacial score (nSPS) is 10.5. The van der Waals surface area contributed by atoms with Crippen molar-refractivity contribution in [3.8, 4) is 11.4 Å². The molecule has 0 aliphatic rings. The minimum Gasteiger partial charge on any atom is -0.263 e. The van der Waals surface area contributed by atoms with Gasteiger partial charge in [0.05, 0.1) is 0 Å². The van der Waals surface area contributed by atoms with Crippen molar-refractivity contribution in [3.63, 3.8) is 0 Å². The third-order valence-corrected chi connectivity index (χ3v) is 2.34. The number of nitrogens with zero attached hydrogens (tertiary/aromatic N) is 2. The Bertz CT molecular complexity index is 451. The van der Waals surface area contributed by atoms with E-state index in [1.807, 2.05) is 24.3 Å². The smallest absolute Gasteiger partial charge is 0.181 e. The van der Waals surface area contributed by atoms with Gasteiger partial charge in [0, 0.05) is 17.0 Å². The summed E-state index contributed by atoms with van der Waals surface area (Å²) in [6, 6.07) is 7.55. The predicted molar refractivity (Wildman–Crippen MR) is 60.8 cm³/mol. The molecule has 1 aromatic carbocycles. The van der Waals surface area contributed by atoms with Crippen LogP contribution in [0.1, 0.15) is 19.2 Å². The van der Waals surface area contributed by atoms with Crippen LogP contribution >= 0.6 is 11.6 Å². The fraction of sp³-hybridized carbons (Fsp3) is 0.273. The highest BCUT2D eigenvalue weighted by molar-refractivity contribution is 6.30. The van der Waals surface area contributed by atoms with Gasteiger partial charge in [0.15, 0.2) is 5.82 Å². The summed E-state index contributed by atoms with van der Waals surface area (Å²) in [5, 5.41) is 7.77. The molecule has 1 N–H and O–H groups in total. The largest absolute Gasteiger partial charge is 0.263 e. The summed E-state index contributed by atoms with van der Waals surface area (Å²) in [7, 11) is 0. The van der Waals surface area contributed by atoms with Crippen LogP contribution in [0.3, 0.4) is 0 Å². The van der Waals surface area contributed by atoms with Crippen molar-refractivity contribution in [2.75, 3.05) is 0 Å². The number of benzene rings is 1. The van der Waals surface area contributed by atoms with Crippen molar-refractivity contribution < 1.29 is 0 Å². The van der Waals surface area contributed by atoms with Crippen molar-refractivity contribution in [2.45, 2.75) is 19.8 Å². The highest BCUT2D eigenvalue weighted by Gasteiger charge is 2.05. The molecule has 0 fully saturated rings. The minimum atomic E-state index is 0.703. The first-order chi connectivity index (χ1) is 7.29. The van der Waals surface area contributed by atoms with E-state index in [1.54, 1.807) is 0 Å². The summed E-state index contributed by atoms with van der Waals surface area (Å²) in [6.07, 6.45) is 1.98. The molecule has 0 amide bonds. The first-order valence-corrected chi connectivity index (χ1v) is 5.34. The Morgan fingerprint density at radius 1 is 1.40 bits per heavy atom. The molecule has 0 unspecified atom stereocenters. The van der Waals surface area contributed by atoms with Crippen LogP contribution in [0.5, 0.6) is 0 Å². The number of nitrogens with one attached hydrogen (secondary N) is 1. The van der Waals surface area contributed by atoms with Crippen molar-refractivity contribution in [1.82, 2.24) is 15.2 Å². The maximum Gasteiger partial charge on any atom is 0.181 e. The lowest BCUT2D eigenvalue weighted by Crippen LogP contribution is -1.85. The summed E-state index contributed by atoms with van der Waals surface area (Å²) in [6.45, 7) is 2.11. The molecule has 0 atom stereocenters. The van der Waals surface area contributed by atoms with Gasteiger partial charge in [-0.05, 0) is 18.6 Å². The molecule has 0 radical (unpaired) electrons. The Balaban J connectivity index is 2.29. The van der Waals surface area contributed by atoms with Gasteiger partial charge in [-0.3, -0.25) is 5.10 Å². The average Bonchev–Trinajstić information content (AvgIpc) is 2.67. The second kappa shape index (κ2) is 4.45. The standard InChI is InChI=1S/C11H12ClN3/c1-2-4-10-13-11(15-14-10)8-5-3-6-9(12)7-8/h3,5-7H,2,4H2,1H3,(H,13,14,15). The molecule has 3 nitrogen and oxygen atoms in total. The molecule has 0 saturated carbocycles. The summed E-state index contributed by atoms with van der Waals surface area (Å²) < 4.78 is 0. The maximum absolute atomic E-state index is 5.90. The molecule has 1 aromatic heterocycles. The number of halogens is 1. The second-order valence-corrected chi connectivity index (χ2v) is 3.80. The topological polar surface area (TPSA) is 41.6 Å². The molecule has 4 heteroatoms. The number of rotatable bonds is 3. The van der Waals surface area contributed by atoms with Gasteiger partial charge in [0.25, 0.3) is 0 Å². The molecule has 15 heavy (non-hydrogen) atoms. The molecular formula is C11H12ClN3. The van der Waals surface area contributed by atoms with E-state index in [4.69, 9.17) is 11.6 Å². The monoisotopic (exact) mass is 221 g/mol. The quantitative estimate of drug-likeness (QED) is 0.866. The third-order valence-electron chi connectivity index (χ3n) is 2.10. The van der Waals surface area contributed by atoms with E-state index in [0.29, 0.717) is 10.8 Å². The highest BCUT2D eigenvalue weighted by Crippen LogP contribution is 2.19. The lowest BCUT2D eigenvalue weighted by molar-refractivity contribution is 0.841. The number of aromatic amines is 1. The highest BCUT2D eigenvalue weighted by atomic mass is 35.5. The van der Waals surface area contributed by atoms with Crippen LogP contribution in [-0.4, -0.2) is 15.2 Å². The van der Waals surface area contributed by atoms with E-state index in [9.17, 15) is 0 Å². The first-order valence-electron chi connectivity index (χ1n) is 4.97. The van der Waals surface area contributed by atoms with Crippen molar-refractivity contribution in [2.24, 2.45) is 0 Å². The summed E-state index contributed by atoms with van der Waals surface area (Å²) in [5.41, 5.74) is 0.945. The van der Waals surface area contributed by atoms with Crippen LogP contribution in [0.15, 0.2) is 24.3 Å². The van der Waals surface area contributed by atoms with Crippen LogP contribution in [0.4, 0.5) is 0 Å². The SMILES string of the molecule is CCCc1nc(-c2cccc(Cl)c2)n[nH]1. The molecule has 78 valence electrons. The number of aryl methyl sites for hydroxylation is 1. The van der Waals surface area contributed by atoms with Crippen LogP contribution in [0.2, 0.25) is 5.02 Å². The number of aromatic nitrogens is 3. The molecule has 0 aliphatic heterocycles. The van der Waals surface area contributed by atoms with Crippen LogP contribution in [-0.2, 0) is 6.42 Å². The van der Waals surface area contributed by atoms with Gasteiger partial charge in [-0.25, -0.2) is 4.98 Å². The second-order valence-electron chi connectivity index (χ2n) is 3.37. The Labute approximate surface area is 93.5 Å². The summed E-state index contributed by atoms with van der Waals surface area (Å²) in [4.78, 5) is 4.39. The average molecular weight is 222 g/mol. The third kappa shape index (κ3) is 2.36. The van der Waals surface area contributed by atoms with E-state index in [1.165, 1.54) is 0 Å². The predicted octanol–water partition coefficient (Wildman–Crippen LogP) is 3.08. The first kappa shape index (κ1) is 10.2. The van der Waals surface area contributed by atoms with Crippen molar-refractivity contribution in [3.05, 3.63) is 35.1 Å². The van der Waals surface area contributed by atoms with Gasteiger partial charge in [0.1, 0.15) is 5.82 Å². The number of hydrogen-bond donors (Lipinski definition) is 1. The van der Waals surface area contributed by atoms with Crippen LogP contribution in [0, 0.1) is 0 Å². The lowest BCUT2D eigenvalue weighted by atomic mass is 10.2. The van der Waals surface area contributed by atoms with Crippen LogP contribution in [0.25, 0.3) is 11.4 Å². The van der Waals surface area contributed by atoms with Gasteiger partial charge < -0.3 is 0 Å². The Morgan fingerprint density at radius 2 is 2.27 bits per heavy atom. The molecule has 0 bridgehead atoms. The Kier molecular flexibility index (Phi) is 3.02. The van der Waals surface area contributed by atoms with E-state index in [2.05, 4.69) is 22.1 Å². The number of hydrogen-bond acceptors (Lipinski definition) is 2. The lowest BCUT2D eigenvalue weighted by Gasteiger charge is -1.94. The summed E-state index contributed by atoms with van der Waals surface area (Å²) in [5.74, 6) is 1.63. The van der Waals surface area contributed by atoms with E-state index in [0.717, 1.165) is 24.2 Å². The summed E-state index contributed by atoms with van der Waals surface area (Å²) >= 11 is 5.90. The zero-order valence-electron chi connectivity index (χ0n) is 8.50. The zero-order chi connectivity index (χ0) is 10.7. The van der Waals surface area contributed by atoms with Crippen LogP contribution < -0.4 is 0 Å². The molecule has 2 rings (SSSR count). The molecule has 0 aliphatic carbocycles. The van der Waals surface area contributed by atoms with Gasteiger partial charge in [-0.1, -0.05) is 30.7 Å². The molecular weight excluding hydrogens is 210 g/mol.